The van der Waals surface area contributed by atoms with Gasteiger partial charge in [0.2, 0.25) is 0 Å². The number of hydrogen-bond acceptors (Lipinski definition) is 4. The number of oxime groups is 1. The first-order chi connectivity index (χ1) is 9.02. The van der Waals surface area contributed by atoms with Gasteiger partial charge >= 0.3 is 0 Å². The van der Waals surface area contributed by atoms with E-state index in [4.69, 9.17) is 10.9 Å². The number of anilines is 1. The van der Waals surface area contributed by atoms with E-state index >= 15 is 0 Å². The lowest BCUT2D eigenvalue weighted by molar-refractivity contribution is 0.275. The topological polar surface area (TPSA) is 65.1 Å². The molecule has 1 aromatic carbocycles. The molecule has 1 aliphatic rings. The van der Waals surface area contributed by atoms with Gasteiger partial charge in [-0.25, -0.2) is 0 Å². The van der Waals surface area contributed by atoms with Crippen molar-refractivity contribution >= 4 is 27.5 Å². The van der Waals surface area contributed by atoms with Crippen LogP contribution in [0.5, 0.6) is 0 Å². The molecule has 2 rings (SSSR count). The van der Waals surface area contributed by atoms with E-state index in [1.807, 2.05) is 18.2 Å². The highest BCUT2D eigenvalue weighted by atomic mass is 79.9. The number of likely N-dealkylation sites (N-methyl/N-ethyl adjacent to an activating group) is 1. The van der Waals surface area contributed by atoms with Gasteiger partial charge in [-0.3, -0.25) is 0 Å². The molecule has 1 aromatic rings. The minimum atomic E-state index is 0.116. The Bertz CT molecular complexity index is 492. The van der Waals surface area contributed by atoms with Gasteiger partial charge in [0, 0.05) is 41.4 Å². The van der Waals surface area contributed by atoms with Gasteiger partial charge in [0.05, 0.1) is 0 Å². The molecule has 0 saturated carbocycles. The van der Waals surface area contributed by atoms with Crippen LogP contribution in [0.4, 0.5) is 5.69 Å². The fourth-order valence-electron chi connectivity index (χ4n) is 2.47. The molecule has 0 bridgehead atoms. The zero-order chi connectivity index (χ0) is 14.0. The van der Waals surface area contributed by atoms with Crippen molar-refractivity contribution in [3.8, 4) is 0 Å². The van der Waals surface area contributed by atoms with Crippen LogP contribution in [0.1, 0.15) is 12.5 Å². The predicted octanol–water partition coefficient (Wildman–Crippen LogP) is 1.68. The number of benzene rings is 1. The zero-order valence-corrected chi connectivity index (χ0v) is 12.8. The Kier molecular flexibility index (Phi) is 4.31. The maximum Gasteiger partial charge on any atom is 0.171 e. The van der Waals surface area contributed by atoms with Crippen molar-refractivity contribution in [2.75, 3.05) is 31.6 Å². The van der Waals surface area contributed by atoms with Gasteiger partial charge in [0.1, 0.15) is 0 Å². The highest BCUT2D eigenvalue weighted by molar-refractivity contribution is 9.10. The lowest BCUT2D eigenvalue weighted by Gasteiger charge is -2.40. The molecule has 0 amide bonds. The molecule has 0 spiro atoms. The summed E-state index contributed by atoms with van der Waals surface area (Å²) in [6.45, 7) is 5.34. The van der Waals surface area contributed by atoms with E-state index in [1.165, 1.54) is 0 Å². The average molecular weight is 327 g/mol. The minimum absolute atomic E-state index is 0.116. The maximum atomic E-state index is 8.73. The van der Waals surface area contributed by atoms with Crippen molar-refractivity contribution in [3.63, 3.8) is 0 Å². The van der Waals surface area contributed by atoms with E-state index in [9.17, 15) is 0 Å². The van der Waals surface area contributed by atoms with Crippen molar-refractivity contribution in [2.45, 2.75) is 13.0 Å². The number of piperazine rings is 1. The molecule has 5 nitrogen and oxygen atoms in total. The fourth-order valence-corrected chi connectivity index (χ4v) is 3.04. The van der Waals surface area contributed by atoms with Gasteiger partial charge in [-0.05, 0) is 48.1 Å². The molecule has 0 radical (unpaired) electrons. The fraction of sp³-hybridized carbons (Fsp3) is 0.462. The molecule has 1 unspecified atom stereocenters. The first-order valence-corrected chi connectivity index (χ1v) is 7.05. The van der Waals surface area contributed by atoms with Crippen LogP contribution in [0.2, 0.25) is 0 Å². The lowest BCUT2D eigenvalue weighted by Crippen LogP contribution is -2.50. The van der Waals surface area contributed by atoms with Gasteiger partial charge < -0.3 is 20.7 Å². The second kappa shape index (κ2) is 5.79. The monoisotopic (exact) mass is 326 g/mol. The highest BCUT2D eigenvalue weighted by Gasteiger charge is 2.22. The molecule has 1 heterocycles. The molecule has 6 heteroatoms. The number of nitrogens with two attached hydrogens (primary N) is 1. The van der Waals surface area contributed by atoms with Crippen LogP contribution in [0.3, 0.4) is 0 Å². The second-order valence-corrected chi connectivity index (χ2v) is 5.81. The van der Waals surface area contributed by atoms with Crippen LogP contribution < -0.4 is 10.6 Å². The van der Waals surface area contributed by atoms with Crippen molar-refractivity contribution in [1.82, 2.24) is 4.90 Å². The third kappa shape index (κ3) is 3.01. The quantitative estimate of drug-likeness (QED) is 0.375. The van der Waals surface area contributed by atoms with Crippen LogP contribution in [-0.4, -0.2) is 48.7 Å². The Balaban J connectivity index is 2.25. The zero-order valence-electron chi connectivity index (χ0n) is 11.2. The number of amidine groups is 1. The maximum absolute atomic E-state index is 8.73. The van der Waals surface area contributed by atoms with Crippen LogP contribution in [0, 0.1) is 0 Å². The molecule has 19 heavy (non-hydrogen) atoms. The molecule has 3 N–H and O–H groups in total. The number of rotatable bonds is 2. The van der Waals surface area contributed by atoms with E-state index in [-0.39, 0.29) is 5.84 Å². The van der Waals surface area contributed by atoms with Crippen molar-refractivity contribution < 1.29 is 5.21 Å². The number of nitrogens with zero attached hydrogens (tertiary/aromatic N) is 3. The first kappa shape index (κ1) is 14.1. The normalized spacial score (nSPS) is 21.7. The Morgan fingerprint density at radius 3 is 2.79 bits per heavy atom. The molecule has 104 valence electrons. The summed E-state index contributed by atoms with van der Waals surface area (Å²) in [6, 6.07) is 6.38. The molecule has 1 saturated heterocycles. The highest BCUT2D eigenvalue weighted by Crippen LogP contribution is 2.26. The Labute approximate surface area is 121 Å². The van der Waals surface area contributed by atoms with E-state index in [2.05, 4.69) is 44.9 Å². The third-order valence-corrected chi connectivity index (χ3v) is 4.15. The summed E-state index contributed by atoms with van der Waals surface area (Å²) in [7, 11) is 2.14. The smallest absolute Gasteiger partial charge is 0.171 e. The van der Waals surface area contributed by atoms with Crippen LogP contribution in [0.25, 0.3) is 0 Å². The van der Waals surface area contributed by atoms with Gasteiger partial charge in [-0.15, -0.1) is 0 Å². The summed E-state index contributed by atoms with van der Waals surface area (Å²) < 4.78 is 0.839. The van der Waals surface area contributed by atoms with Crippen LogP contribution in [-0.2, 0) is 0 Å². The third-order valence-electron chi connectivity index (χ3n) is 3.50. The molecule has 0 aliphatic carbocycles. The summed E-state index contributed by atoms with van der Waals surface area (Å²) in [5.41, 5.74) is 7.48. The van der Waals surface area contributed by atoms with Gasteiger partial charge in [0.15, 0.2) is 5.84 Å². The van der Waals surface area contributed by atoms with Crippen molar-refractivity contribution in [2.24, 2.45) is 10.9 Å². The van der Waals surface area contributed by atoms with Crippen LogP contribution in [0.15, 0.2) is 27.8 Å². The van der Waals surface area contributed by atoms with Crippen LogP contribution >= 0.6 is 15.9 Å². The first-order valence-electron chi connectivity index (χ1n) is 6.25. The second-order valence-electron chi connectivity index (χ2n) is 4.95. The lowest BCUT2D eigenvalue weighted by atomic mass is 10.1. The summed E-state index contributed by atoms with van der Waals surface area (Å²) in [6.07, 6.45) is 0. The standard InChI is InChI=1S/C13H19BrN4O/c1-9-8-17(2)5-6-18(9)10-3-4-11(12(14)7-10)13(15)16-19/h3-4,7,9,19H,5-6,8H2,1-2H3,(H2,15,16). The van der Waals surface area contributed by atoms with E-state index in [0.717, 1.165) is 29.8 Å². The average Bonchev–Trinajstić information content (AvgIpc) is 2.37. The molecule has 1 atom stereocenters. The van der Waals surface area contributed by atoms with Gasteiger partial charge in [-0.1, -0.05) is 5.16 Å². The van der Waals surface area contributed by atoms with Crippen molar-refractivity contribution in [3.05, 3.63) is 28.2 Å². The molecular weight excluding hydrogens is 308 g/mol. The van der Waals surface area contributed by atoms with Crippen molar-refractivity contribution in [1.29, 1.82) is 0 Å². The molecule has 0 aromatic heterocycles. The molecular formula is C13H19BrN4O. The summed E-state index contributed by atoms with van der Waals surface area (Å²) in [5, 5.41) is 11.8. The summed E-state index contributed by atoms with van der Waals surface area (Å²) in [4.78, 5) is 4.71. The predicted molar refractivity (Wildman–Crippen MR) is 81.0 cm³/mol. The molecule has 1 fully saturated rings. The Morgan fingerprint density at radius 1 is 1.47 bits per heavy atom. The Hall–Kier alpha value is -1.27. The SMILES string of the molecule is CC1CN(C)CCN1c1ccc(/C(N)=N/O)c(Br)c1. The minimum Gasteiger partial charge on any atom is -0.409 e. The van der Waals surface area contributed by atoms with Gasteiger partial charge in [-0.2, -0.15) is 0 Å². The van der Waals surface area contributed by atoms with E-state index in [0.29, 0.717) is 11.6 Å². The Morgan fingerprint density at radius 2 is 2.21 bits per heavy atom. The summed E-state index contributed by atoms with van der Waals surface area (Å²) in [5.74, 6) is 0.116. The summed E-state index contributed by atoms with van der Waals surface area (Å²) >= 11 is 3.48. The molecule has 1 aliphatic heterocycles. The number of hydrogen-bond donors (Lipinski definition) is 2. The van der Waals surface area contributed by atoms with E-state index in [1.54, 1.807) is 0 Å². The number of halogens is 1. The van der Waals surface area contributed by atoms with Gasteiger partial charge in [0.25, 0.3) is 0 Å². The van der Waals surface area contributed by atoms with E-state index < -0.39 is 0 Å². The largest absolute Gasteiger partial charge is 0.409 e.